The number of halogens is 1. The molecule has 2 atom stereocenters. The Morgan fingerprint density at radius 2 is 2.06 bits per heavy atom. The van der Waals surface area contributed by atoms with Crippen molar-refractivity contribution in [3.05, 3.63) is 28.2 Å². The van der Waals surface area contributed by atoms with Crippen molar-refractivity contribution in [2.75, 3.05) is 18.4 Å². The number of aryl methyl sites for hydroxylation is 1. The lowest BCUT2D eigenvalue weighted by Gasteiger charge is -2.33. The highest BCUT2D eigenvalue weighted by atomic mass is 79.9. The number of fused-ring (bicyclic) bond motifs is 1. The molecule has 0 bridgehead atoms. The fourth-order valence-corrected chi connectivity index (χ4v) is 4.06. The standard InChI is InChI=1S/C15H21BrN2/c1-11-8-12(16)10-13(9-11)17-14-5-7-18-6-3-2-4-15(14)18/h8-10,14-15,17H,2-7H2,1H3. The van der Waals surface area contributed by atoms with Crippen molar-refractivity contribution >= 4 is 21.6 Å². The van der Waals surface area contributed by atoms with E-state index >= 15 is 0 Å². The minimum absolute atomic E-state index is 0.638. The molecule has 2 fully saturated rings. The first kappa shape index (κ1) is 12.5. The lowest BCUT2D eigenvalue weighted by Crippen LogP contribution is -2.41. The van der Waals surface area contributed by atoms with Gasteiger partial charge in [0.05, 0.1) is 0 Å². The van der Waals surface area contributed by atoms with Crippen LogP contribution in [0.1, 0.15) is 31.2 Å². The molecule has 2 unspecified atom stereocenters. The summed E-state index contributed by atoms with van der Waals surface area (Å²) in [6.07, 6.45) is 5.44. The van der Waals surface area contributed by atoms with Crippen LogP contribution in [0, 0.1) is 6.92 Å². The Morgan fingerprint density at radius 1 is 1.17 bits per heavy atom. The topological polar surface area (TPSA) is 15.3 Å². The fraction of sp³-hybridized carbons (Fsp3) is 0.600. The number of hydrogen-bond donors (Lipinski definition) is 1. The molecule has 0 aromatic heterocycles. The van der Waals surface area contributed by atoms with Crippen LogP contribution in [0.4, 0.5) is 5.69 Å². The lowest BCUT2D eigenvalue weighted by atomic mass is 9.99. The van der Waals surface area contributed by atoms with Gasteiger partial charge in [-0.05, 0) is 56.5 Å². The molecule has 2 aliphatic rings. The maximum Gasteiger partial charge on any atom is 0.0429 e. The molecule has 3 heteroatoms. The third-order valence-corrected chi connectivity index (χ3v) is 4.71. The summed E-state index contributed by atoms with van der Waals surface area (Å²) in [7, 11) is 0. The highest BCUT2D eigenvalue weighted by Gasteiger charge is 2.35. The Bertz CT molecular complexity index is 412. The molecular weight excluding hydrogens is 288 g/mol. The van der Waals surface area contributed by atoms with E-state index in [0.29, 0.717) is 6.04 Å². The lowest BCUT2D eigenvalue weighted by molar-refractivity contribution is 0.193. The molecule has 2 heterocycles. The Kier molecular flexibility index (Phi) is 3.62. The largest absolute Gasteiger partial charge is 0.381 e. The SMILES string of the molecule is Cc1cc(Br)cc(NC2CCN3CCCCC23)c1. The predicted octanol–water partition coefficient (Wildman–Crippen LogP) is 3.80. The molecule has 0 spiro atoms. The maximum absolute atomic E-state index is 3.75. The summed E-state index contributed by atoms with van der Waals surface area (Å²) >= 11 is 3.58. The number of piperidine rings is 1. The van der Waals surface area contributed by atoms with Gasteiger partial charge in [0.25, 0.3) is 0 Å². The van der Waals surface area contributed by atoms with E-state index in [0.717, 1.165) is 6.04 Å². The number of nitrogens with zero attached hydrogens (tertiary/aromatic N) is 1. The third-order valence-electron chi connectivity index (χ3n) is 4.25. The molecule has 1 aromatic rings. The van der Waals surface area contributed by atoms with Crippen LogP contribution in [0.15, 0.2) is 22.7 Å². The van der Waals surface area contributed by atoms with Gasteiger partial charge < -0.3 is 5.32 Å². The zero-order valence-electron chi connectivity index (χ0n) is 11.0. The average Bonchev–Trinajstić information content (AvgIpc) is 2.72. The van der Waals surface area contributed by atoms with Crippen molar-refractivity contribution in [2.24, 2.45) is 0 Å². The van der Waals surface area contributed by atoms with Gasteiger partial charge in [-0.1, -0.05) is 22.4 Å². The number of benzene rings is 1. The minimum Gasteiger partial charge on any atom is -0.381 e. The van der Waals surface area contributed by atoms with E-state index in [1.807, 2.05) is 0 Å². The summed E-state index contributed by atoms with van der Waals surface area (Å²) in [4.78, 5) is 2.67. The predicted molar refractivity (Wildman–Crippen MR) is 80.1 cm³/mol. The first-order valence-corrected chi connectivity index (χ1v) is 7.79. The van der Waals surface area contributed by atoms with E-state index in [4.69, 9.17) is 0 Å². The van der Waals surface area contributed by atoms with Gasteiger partial charge in [-0.2, -0.15) is 0 Å². The molecule has 1 aromatic carbocycles. The summed E-state index contributed by atoms with van der Waals surface area (Å²) in [6.45, 7) is 4.73. The molecular formula is C15H21BrN2. The van der Waals surface area contributed by atoms with Crippen molar-refractivity contribution in [3.63, 3.8) is 0 Å². The average molecular weight is 309 g/mol. The van der Waals surface area contributed by atoms with E-state index in [1.165, 1.54) is 54.5 Å². The smallest absolute Gasteiger partial charge is 0.0429 e. The number of hydrogen-bond acceptors (Lipinski definition) is 2. The van der Waals surface area contributed by atoms with Gasteiger partial charge in [0.2, 0.25) is 0 Å². The van der Waals surface area contributed by atoms with Gasteiger partial charge in [-0.15, -0.1) is 0 Å². The summed E-state index contributed by atoms with van der Waals surface area (Å²) in [5.41, 5.74) is 2.57. The van der Waals surface area contributed by atoms with Crippen LogP contribution < -0.4 is 5.32 Å². The van der Waals surface area contributed by atoms with Crippen LogP contribution in [-0.2, 0) is 0 Å². The van der Waals surface area contributed by atoms with Crippen molar-refractivity contribution in [1.82, 2.24) is 4.90 Å². The molecule has 0 amide bonds. The Hall–Kier alpha value is -0.540. The second-order valence-electron chi connectivity index (χ2n) is 5.66. The maximum atomic E-state index is 3.75. The number of anilines is 1. The molecule has 3 rings (SSSR count). The summed E-state index contributed by atoms with van der Waals surface area (Å²) in [5.74, 6) is 0. The van der Waals surface area contributed by atoms with Crippen LogP contribution in [0.25, 0.3) is 0 Å². The van der Waals surface area contributed by atoms with E-state index < -0.39 is 0 Å². The molecule has 1 N–H and O–H groups in total. The zero-order chi connectivity index (χ0) is 12.5. The van der Waals surface area contributed by atoms with Gasteiger partial charge in [0.15, 0.2) is 0 Å². The van der Waals surface area contributed by atoms with Crippen molar-refractivity contribution in [2.45, 2.75) is 44.7 Å². The zero-order valence-corrected chi connectivity index (χ0v) is 12.5. The highest BCUT2D eigenvalue weighted by Crippen LogP contribution is 2.30. The van der Waals surface area contributed by atoms with Crippen molar-refractivity contribution < 1.29 is 0 Å². The molecule has 2 nitrogen and oxygen atoms in total. The normalized spacial score (nSPS) is 28.1. The minimum atomic E-state index is 0.638. The number of rotatable bonds is 2. The molecule has 2 aliphatic heterocycles. The molecule has 0 radical (unpaired) electrons. The van der Waals surface area contributed by atoms with Gasteiger partial charge in [-0.25, -0.2) is 0 Å². The molecule has 98 valence electrons. The number of nitrogens with one attached hydrogen (secondary N) is 1. The summed E-state index contributed by atoms with van der Waals surface area (Å²) in [6, 6.07) is 8.00. The van der Waals surface area contributed by atoms with Gasteiger partial charge >= 0.3 is 0 Å². The Balaban J connectivity index is 1.72. The van der Waals surface area contributed by atoms with Crippen LogP contribution in [0.3, 0.4) is 0 Å². The molecule has 18 heavy (non-hydrogen) atoms. The third kappa shape index (κ3) is 2.57. The highest BCUT2D eigenvalue weighted by molar-refractivity contribution is 9.10. The van der Waals surface area contributed by atoms with E-state index in [9.17, 15) is 0 Å². The van der Waals surface area contributed by atoms with E-state index in [1.54, 1.807) is 0 Å². The quantitative estimate of drug-likeness (QED) is 0.894. The van der Waals surface area contributed by atoms with E-state index in [2.05, 4.69) is 51.3 Å². The van der Waals surface area contributed by atoms with Gasteiger partial charge in [0, 0.05) is 28.8 Å². The first-order chi connectivity index (χ1) is 8.72. The Morgan fingerprint density at radius 3 is 2.89 bits per heavy atom. The summed E-state index contributed by atoms with van der Waals surface area (Å²) < 4.78 is 1.17. The molecule has 0 aliphatic carbocycles. The monoisotopic (exact) mass is 308 g/mol. The molecule has 0 saturated carbocycles. The van der Waals surface area contributed by atoms with Crippen LogP contribution in [-0.4, -0.2) is 30.1 Å². The van der Waals surface area contributed by atoms with Crippen molar-refractivity contribution in [3.8, 4) is 0 Å². The molecule has 2 saturated heterocycles. The first-order valence-electron chi connectivity index (χ1n) is 7.00. The van der Waals surface area contributed by atoms with Crippen LogP contribution >= 0.6 is 15.9 Å². The van der Waals surface area contributed by atoms with Gasteiger partial charge in [-0.3, -0.25) is 4.90 Å². The fourth-order valence-electron chi connectivity index (χ4n) is 3.45. The van der Waals surface area contributed by atoms with Crippen LogP contribution in [0.2, 0.25) is 0 Å². The second kappa shape index (κ2) is 5.22. The Labute approximate surface area is 118 Å². The van der Waals surface area contributed by atoms with Gasteiger partial charge in [0.1, 0.15) is 0 Å². The second-order valence-corrected chi connectivity index (χ2v) is 6.57. The summed E-state index contributed by atoms with van der Waals surface area (Å²) in [5, 5.41) is 3.75. The van der Waals surface area contributed by atoms with Crippen LogP contribution in [0.5, 0.6) is 0 Å². The van der Waals surface area contributed by atoms with Crippen molar-refractivity contribution in [1.29, 1.82) is 0 Å². The van der Waals surface area contributed by atoms with E-state index in [-0.39, 0.29) is 0 Å².